The van der Waals surface area contributed by atoms with Gasteiger partial charge in [0.2, 0.25) is 5.91 Å². The highest BCUT2D eigenvalue weighted by molar-refractivity contribution is 5.76. The fraction of sp³-hybridized carbons (Fsp3) is 0.579. The standard InChI is InChI=1S/C19H29NO4/c1-4-5-7-12-17(24-15(2)21)18(23-3)13-19(22)20-14-16-10-8-6-9-11-16/h6,8-11,17-18H,4-5,7,12-14H2,1-3H3,(H,20,22). The molecule has 0 aliphatic heterocycles. The normalized spacial score (nSPS) is 13.1. The molecule has 1 rings (SSSR count). The van der Waals surface area contributed by atoms with Gasteiger partial charge in [0, 0.05) is 20.6 Å². The Morgan fingerprint density at radius 1 is 1.12 bits per heavy atom. The lowest BCUT2D eigenvalue weighted by molar-refractivity contribution is -0.156. The number of nitrogens with one attached hydrogen (secondary N) is 1. The van der Waals surface area contributed by atoms with Crippen molar-refractivity contribution in [2.45, 2.75) is 64.7 Å². The lowest BCUT2D eigenvalue weighted by atomic mass is 10.0. The van der Waals surface area contributed by atoms with Crippen LogP contribution < -0.4 is 5.32 Å². The Morgan fingerprint density at radius 3 is 2.42 bits per heavy atom. The average molecular weight is 335 g/mol. The summed E-state index contributed by atoms with van der Waals surface area (Å²) in [6, 6.07) is 9.72. The molecule has 2 atom stereocenters. The highest BCUT2D eigenvalue weighted by Gasteiger charge is 2.26. The third-order valence-electron chi connectivity index (χ3n) is 3.85. The van der Waals surface area contributed by atoms with E-state index < -0.39 is 6.10 Å². The molecule has 1 aromatic carbocycles. The van der Waals surface area contributed by atoms with Crippen LogP contribution in [0.25, 0.3) is 0 Å². The smallest absolute Gasteiger partial charge is 0.302 e. The highest BCUT2D eigenvalue weighted by Crippen LogP contribution is 2.16. The zero-order valence-corrected chi connectivity index (χ0v) is 14.9. The summed E-state index contributed by atoms with van der Waals surface area (Å²) in [6.07, 6.45) is 3.16. The monoisotopic (exact) mass is 335 g/mol. The fourth-order valence-electron chi connectivity index (χ4n) is 2.55. The van der Waals surface area contributed by atoms with Crippen LogP contribution in [-0.2, 0) is 25.6 Å². The Balaban J connectivity index is 2.53. The molecule has 5 nitrogen and oxygen atoms in total. The summed E-state index contributed by atoms with van der Waals surface area (Å²) in [4.78, 5) is 23.5. The number of esters is 1. The SMILES string of the molecule is CCCCCC(OC(C)=O)C(CC(=O)NCc1ccccc1)OC. The van der Waals surface area contributed by atoms with Crippen LogP contribution in [0.15, 0.2) is 30.3 Å². The zero-order valence-electron chi connectivity index (χ0n) is 14.9. The number of ether oxygens (including phenoxy) is 2. The molecule has 0 fully saturated rings. The Hall–Kier alpha value is -1.88. The van der Waals surface area contributed by atoms with E-state index in [2.05, 4.69) is 12.2 Å². The van der Waals surface area contributed by atoms with E-state index in [4.69, 9.17) is 9.47 Å². The molecule has 0 aliphatic carbocycles. The van der Waals surface area contributed by atoms with Gasteiger partial charge >= 0.3 is 5.97 Å². The van der Waals surface area contributed by atoms with Gasteiger partial charge in [0.05, 0.1) is 6.42 Å². The van der Waals surface area contributed by atoms with Crippen LogP contribution >= 0.6 is 0 Å². The largest absolute Gasteiger partial charge is 0.460 e. The molecular formula is C19H29NO4. The topological polar surface area (TPSA) is 64.6 Å². The van der Waals surface area contributed by atoms with E-state index in [9.17, 15) is 9.59 Å². The second-order valence-electron chi connectivity index (χ2n) is 5.88. The summed E-state index contributed by atoms with van der Waals surface area (Å²) < 4.78 is 10.8. The van der Waals surface area contributed by atoms with Crippen LogP contribution in [0.4, 0.5) is 0 Å². The quantitative estimate of drug-likeness (QED) is 0.498. The minimum Gasteiger partial charge on any atom is -0.460 e. The highest BCUT2D eigenvalue weighted by atomic mass is 16.6. The van der Waals surface area contributed by atoms with Crippen LogP contribution in [0.2, 0.25) is 0 Å². The molecule has 2 unspecified atom stereocenters. The number of hydrogen-bond acceptors (Lipinski definition) is 4. The summed E-state index contributed by atoms with van der Waals surface area (Å²) >= 11 is 0. The maximum atomic E-state index is 12.2. The van der Waals surface area contributed by atoms with Crippen molar-refractivity contribution in [3.8, 4) is 0 Å². The first-order valence-electron chi connectivity index (χ1n) is 8.57. The molecule has 0 heterocycles. The number of carbonyl (C=O) groups is 2. The number of methoxy groups -OCH3 is 1. The number of rotatable bonds is 11. The fourth-order valence-corrected chi connectivity index (χ4v) is 2.55. The van der Waals surface area contributed by atoms with E-state index in [0.29, 0.717) is 13.0 Å². The van der Waals surface area contributed by atoms with Crippen LogP contribution in [0.3, 0.4) is 0 Å². The van der Waals surface area contributed by atoms with Gasteiger partial charge in [-0.05, 0) is 18.4 Å². The second-order valence-corrected chi connectivity index (χ2v) is 5.88. The van der Waals surface area contributed by atoms with Crippen molar-refractivity contribution in [3.63, 3.8) is 0 Å². The van der Waals surface area contributed by atoms with Crippen molar-refractivity contribution in [2.24, 2.45) is 0 Å². The van der Waals surface area contributed by atoms with Crippen LogP contribution in [-0.4, -0.2) is 31.2 Å². The molecule has 5 heteroatoms. The maximum Gasteiger partial charge on any atom is 0.302 e. The lowest BCUT2D eigenvalue weighted by Crippen LogP contribution is -2.37. The summed E-state index contributed by atoms with van der Waals surface area (Å²) in [5.41, 5.74) is 1.04. The van der Waals surface area contributed by atoms with Gasteiger partial charge in [-0.3, -0.25) is 9.59 Å². The first-order valence-corrected chi connectivity index (χ1v) is 8.57. The van der Waals surface area contributed by atoms with Crippen LogP contribution in [0, 0.1) is 0 Å². The van der Waals surface area contributed by atoms with E-state index in [1.54, 1.807) is 7.11 Å². The van der Waals surface area contributed by atoms with Gasteiger partial charge in [0.15, 0.2) is 0 Å². The van der Waals surface area contributed by atoms with E-state index in [1.165, 1.54) is 6.92 Å². The summed E-state index contributed by atoms with van der Waals surface area (Å²) in [6.45, 7) is 3.98. The van der Waals surface area contributed by atoms with E-state index in [-0.39, 0.29) is 24.4 Å². The Morgan fingerprint density at radius 2 is 1.83 bits per heavy atom. The van der Waals surface area contributed by atoms with Crippen LogP contribution in [0.5, 0.6) is 0 Å². The molecule has 1 aromatic rings. The molecule has 0 saturated carbocycles. The summed E-state index contributed by atoms with van der Waals surface area (Å²) in [5.74, 6) is -0.457. The zero-order chi connectivity index (χ0) is 17.8. The van der Waals surface area contributed by atoms with Crippen LogP contribution in [0.1, 0.15) is 51.5 Å². The maximum absolute atomic E-state index is 12.2. The molecule has 0 aliphatic rings. The number of unbranched alkanes of at least 4 members (excludes halogenated alkanes) is 2. The van der Waals surface area contributed by atoms with Gasteiger partial charge in [-0.2, -0.15) is 0 Å². The molecule has 0 bridgehead atoms. The number of carbonyl (C=O) groups excluding carboxylic acids is 2. The Labute approximate surface area is 144 Å². The van der Waals surface area contributed by atoms with Crippen molar-refractivity contribution in [1.29, 1.82) is 0 Å². The Bertz CT molecular complexity index is 489. The number of amides is 1. The molecule has 0 radical (unpaired) electrons. The number of hydrogen-bond donors (Lipinski definition) is 1. The molecule has 24 heavy (non-hydrogen) atoms. The third kappa shape index (κ3) is 8.11. The molecule has 1 N–H and O–H groups in total. The van der Waals surface area contributed by atoms with Gasteiger partial charge in [0.1, 0.15) is 12.2 Å². The van der Waals surface area contributed by atoms with Gasteiger partial charge in [-0.15, -0.1) is 0 Å². The predicted octanol–water partition coefficient (Wildman–Crippen LogP) is 3.22. The van der Waals surface area contributed by atoms with Crippen molar-refractivity contribution < 1.29 is 19.1 Å². The van der Waals surface area contributed by atoms with Crippen molar-refractivity contribution in [3.05, 3.63) is 35.9 Å². The van der Waals surface area contributed by atoms with Gasteiger partial charge < -0.3 is 14.8 Å². The molecule has 0 saturated heterocycles. The molecule has 134 valence electrons. The van der Waals surface area contributed by atoms with Crippen molar-refractivity contribution in [2.75, 3.05) is 7.11 Å². The minimum absolute atomic E-state index is 0.113. The molecule has 0 spiro atoms. The number of benzene rings is 1. The predicted molar refractivity (Wildman–Crippen MR) is 93.4 cm³/mol. The van der Waals surface area contributed by atoms with Gasteiger partial charge in [-0.25, -0.2) is 0 Å². The van der Waals surface area contributed by atoms with Crippen molar-refractivity contribution in [1.82, 2.24) is 5.32 Å². The molecule has 1 amide bonds. The first kappa shape index (κ1) is 20.2. The summed E-state index contributed by atoms with van der Waals surface area (Å²) in [7, 11) is 1.55. The first-order chi connectivity index (χ1) is 11.6. The minimum atomic E-state index is -0.429. The summed E-state index contributed by atoms with van der Waals surface area (Å²) in [5, 5.41) is 2.88. The Kier molecular flexibility index (Phi) is 9.77. The van der Waals surface area contributed by atoms with Gasteiger partial charge in [0.25, 0.3) is 0 Å². The molecular weight excluding hydrogens is 306 g/mol. The third-order valence-corrected chi connectivity index (χ3v) is 3.85. The van der Waals surface area contributed by atoms with Crippen molar-refractivity contribution >= 4 is 11.9 Å². The van der Waals surface area contributed by atoms with E-state index >= 15 is 0 Å². The van der Waals surface area contributed by atoms with E-state index in [0.717, 1.165) is 24.8 Å². The van der Waals surface area contributed by atoms with E-state index in [1.807, 2.05) is 30.3 Å². The second kappa shape index (κ2) is 11.6. The molecule has 0 aromatic heterocycles. The van der Waals surface area contributed by atoms with Gasteiger partial charge in [-0.1, -0.05) is 50.1 Å². The average Bonchev–Trinajstić information content (AvgIpc) is 2.58. The lowest BCUT2D eigenvalue weighted by Gasteiger charge is -2.25.